The molecule has 1 aromatic heterocycles. The number of thioether (sulfide) groups is 1. The number of hydrogen-bond donors (Lipinski definition) is 2. The summed E-state index contributed by atoms with van der Waals surface area (Å²) in [4.78, 5) is 0.219. The van der Waals surface area contributed by atoms with Crippen molar-refractivity contribution < 1.29 is 8.42 Å². The summed E-state index contributed by atoms with van der Waals surface area (Å²) in [6.07, 6.45) is 2.74. The lowest BCUT2D eigenvalue weighted by atomic mass is 10.3. The molecule has 1 atom stereocenters. The molecular weight excluding hydrogens is 284 g/mol. The molecule has 0 aromatic carbocycles. The van der Waals surface area contributed by atoms with Crippen LogP contribution in [0.25, 0.3) is 0 Å². The first kappa shape index (κ1) is 16.5. The van der Waals surface area contributed by atoms with Gasteiger partial charge in [0, 0.05) is 25.4 Å². The van der Waals surface area contributed by atoms with Crippen molar-refractivity contribution >= 4 is 21.8 Å². The SMILES string of the molecule is CCC(CSC)N(C)S(=O)(=O)c1c(CN)n[nH]c1C. The average molecular weight is 306 g/mol. The Morgan fingerprint density at radius 2 is 2.16 bits per heavy atom. The lowest BCUT2D eigenvalue weighted by molar-refractivity contribution is 0.385. The number of hydrogen-bond acceptors (Lipinski definition) is 5. The highest BCUT2D eigenvalue weighted by molar-refractivity contribution is 7.98. The monoisotopic (exact) mass is 306 g/mol. The maximum Gasteiger partial charge on any atom is 0.246 e. The minimum absolute atomic E-state index is 0.0278. The molecule has 1 heterocycles. The normalized spacial score (nSPS) is 14.0. The molecule has 8 heteroatoms. The Balaban J connectivity index is 3.19. The summed E-state index contributed by atoms with van der Waals surface area (Å²) in [5.74, 6) is 0.765. The van der Waals surface area contributed by atoms with Crippen LogP contribution in [-0.4, -0.2) is 48.0 Å². The fourth-order valence-electron chi connectivity index (χ4n) is 1.96. The van der Waals surface area contributed by atoms with E-state index >= 15 is 0 Å². The van der Waals surface area contributed by atoms with Gasteiger partial charge in [0.15, 0.2) is 0 Å². The maximum absolute atomic E-state index is 12.7. The predicted molar refractivity (Wildman–Crippen MR) is 78.6 cm³/mol. The Morgan fingerprint density at radius 3 is 2.63 bits per heavy atom. The third-order valence-corrected chi connectivity index (χ3v) is 5.97. The van der Waals surface area contributed by atoms with Crippen LogP contribution in [0.1, 0.15) is 24.7 Å². The molecule has 0 spiro atoms. The summed E-state index contributed by atoms with van der Waals surface area (Å²) >= 11 is 1.64. The molecule has 0 fully saturated rings. The van der Waals surface area contributed by atoms with Crippen LogP contribution in [0.4, 0.5) is 0 Å². The van der Waals surface area contributed by atoms with E-state index in [1.807, 2.05) is 13.2 Å². The van der Waals surface area contributed by atoms with Gasteiger partial charge in [0.05, 0.1) is 11.4 Å². The zero-order valence-corrected chi connectivity index (χ0v) is 13.4. The Morgan fingerprint density at radius 1 is 1.53 bits per heavy atom. The van der Waals surface area contributed by atoms with Gasteiger partial charge >= 0.3 is 0 Å². The van der Waals surface area contributed by atoms with E-state index in [1.54, 1.807) is 25.7 Å². The first-order valence-corrected chi connectivity index (χ1v) is 8.94. The van der Waals surface area contributed by atoms with Crippen LogP contribution < -0.4 is 5.73 Å². The number of nitrogens with zero attached hydrogens (tertiary/aromatic N) is 2. The molecule has 0 saturated heterocycles. The summed E-state index contributed by atoms with van der Waals surface area (Å²) in [7, 11) is -1.94. The van der Waals surface area contributed by atoms with Crippen molar-refractivity contribution in [1.82, 2.24) is 14.5 Å². The number of rotatable bonds is 7. The van der Waals surface area contributed by atoms with Gasteiger partial charge in [-0.05, 0) is 19.6 Å². The smallest absolute Gasteiger partial charge is 0.246 e. The quantitative estimate of drug-likeness (QED) is 0.782. The summed E-state index contributed by atoms with van der Waals surface area (Å²) in [5.41, 5.74) is 6.48. The van der Waals surface area contributed by atoms with E-state index in [4.69, 9.17) is 5.73 Å². The topological polar surface area (TPSA) is 92.1 Å². The second kappa shape index (κ2) is 6.74. The predicted octanol–water partition coefficient (Wildman–Crippen LogP) is 0.939. The van der Waals surface area contributed by atoms with E-state index < -0.39 is 10.0 Å². The van der Waals surface area contributed by atoms with Crippen molar-refractivity contribution in [3.8, 4) is 0 Å². The maximum atomic E-state index is 12.7. The van der Waals surface area contributed by atoms with E-state index in [0.717, 1.165) is 12.2 Å². The number of aromatic amines is 1. The number of sulfonamides is 1. The van der Waals surface area contributed by atoms with Crippen LogP contribution in [0, 0.1) is 6.92 Å². The molecule has 0 amide bonds. The van der Waals surface area contributed by atoms with E-state index in [2.05, 4.69) is 10.2 Å². The highest BCUT2D eigenvalue weighted by atomic mass is 32.2. The molecule has 19 heavy (non-hydrogen) atoms. The fraction of sp³-hybridized carbons (Fsp3) is 0.727. The van der Waals surface area contributed by atoms with Crippen LogP contribution in [0.5, 0.6) is 0 Å². The third-order valence-electron chi connectivity index (χ3n) is 3.14. The van der Waals surface area contributed by atoms with Gasteiger partial charge in [-0.3, -0.25) is 5.10 Å². The molecular formula is C11H22N4O2S2. The van der Waals surface area contributed by atoms with Gasteiger partial charge in [-0.2, -0.15) is 21.2 Å². The van der Waals surface area contributed by atoms with E-state index in [0.29, 0.717) is 11.4 Å². The molecule has 0 aliphatic carbocycles. The number of nitrogens with two attached hydrogens (primary N) is 1. The highest BCUT2D eigenvalue weighted by Gasteiger charge is 2.31. The standard InChI is InChI=1S/C11H22N4O2S2/c1-5-9(7-18-4)15(3)19(16,17)11-8(2)13-14-10(11)6-12/h9H,5-7,12H2,1-4H3,(H,13,14). The van der Waals surface area contributed by atoms with Gasteiger partial charge in [0.1, 0.15) is 4.90 Å². The molecule has 1 unspecified atom stereocenters. The molecule has 0 aliphatic rings. The molecule has 6 nitrogen and oxygen atoms in total. The van der Waals surface area contributed by atoms with Crippen molar-refractivity contribution in [2.24, 2.45) is 5.73 Å². The van der Waals surface area contributed by atoms with Crippen molar-refractivity contribution in [3.63, 3.8) is 0 Å². The van der Waals surface area contributed by atoms with Gasteiger partial charge < -0.3 is 5.73 Å². The lowest BCUT2D eigenvalue weighted by Gasteiger charge is -2.26. The van der Waals surface area contributed by atoms with Crippen molar-refractivity contribution in [1.29, 1.82) is 0 Å². The summed E-state index contributed by atoms with van der Waals surface area (Å²) in [5, 5.41) is 6.65. The Labute approximate surface area is 119 Å². The van der Waals surface area contributed by atoms with Gasteiger partial charge in [-0.25, -0.2) is 8.42 Å². The van der Waals surface area contributed by atoms with E-state index in [-0.39, 0.29) is 17.5 Å². The highest BCUT2D eigenvalue weighted by Crippen LogP contribution is 2.24. The Bertz CT molecular complexity index is 513. The number of H-pyrrole nitrogens is 1. The largest absolute Gasteiger partial charge is 0.325 e. The Hall–Kier alpha value is -0.570. The number of aromatic nitrogens is 2. The van der Waals surface area contributed by atoms with Gasteiger partial charge in [0.25, 0.3) is 0 Å². The second-order valence-electron chi connectivity index (χ2n) is 4.37. The van der Waals surface area contributed by atoms with Gasteiger partial charge in [-0.15, -0.1) is 0 Å². The average Bonchev–Trinajstić information content (AvgIpc) is 2.76. The van der Waals surface area contributed by atoms with Crippen LogP contribution in [0.15, 0.2) is 4.90 Å². The summed E-state index contributed by atoms with van der Waals surface area (Å²) in [6, 6.07) is -0.0278. The fourth-order valence-corrected chi connectivity index (χ4v) is 4.66. The molecule has 1 aromatic rings. The van der Waals surface area contributed by atoms with Crippen LogP contribution in [0.3, 0.4) is 0 Å². The zero-order chi connectivity index (χ0) is 14.6. The molecule has 0 saturated carbocycles. The third kappa shape index (κ3) is 3.31. The van der Waals surface area contributed by atoms with Gasteiger partial charge in [0.2, 0.25) is 10.0 Å². The second-order valence-corrected chi connectivity index (χ2v) is 7.21. The first-order chi connectivity index (χ1) is 8.89. The van der Waals surface area contributed by atoms with E-state index in [1.165, 1.54) is 4.31 Å². The number of aryl methyl sites for hydroxylation is 1. The van der Waals surface area contributed by atoms with Crippen molar-refractivity contribution in [2.75, 3.05) is 19.1 Å². The van der Waals surface area contributed by atoms with Crippen molar-refractivity contribution in [2.45, 2.75) is 37.8 Å². The minimum Gasteiger partial charge on any atom is -0.325 e. The summed E-state index contributed by atoms with van der Waals surface area (Å²) in [6.45, 7) is 3.79. The molecule has 110 valence electrons. The first-order valence-electron chi connectivity index (χ1n) is 6.10. The van der Waals surface area contributed by atoms with Crippen LogP contribution >= 0.6 is 11.8 Å². The Kier molecular flexibility index (Phi) is 5.84. The molecule has 0 aliphatic heterocycles. The summed E-state index contributed by atoms with van der Waals surface area (Å²) < 4.78 is 26.8. The van der Waals surface area contributed by atoms with Gasteiger partial charge in [-0.1, -0.05) is 6.92 Å². The molecule has 3 N–H and O–H groups in total. The lowest BCUT2D eigenvalue weighted by Crippen LogP contribution is -2.38. The van der Waals surface area contributed by atoms with Crippen molar-refractivity contribution in [3.05, 3.63) is 11.4 Å². The van der Waals surface area contributed by atoms with Crippen LogP contribution in [-0.2, 0) is 16.6 Å². The molecule has 0 radical (unpaired) electrons. The number of nitrogens with one attached hydrogen (secondary N) is 1. The zero-order valence-electron chi connectivity index (χ0n) is 11.8. The van der Waals surface area contributed by atoms with Crippen LogP contribution in [0.2, 0.25) is 0 Å². The molecule has 1 rings (SSSR count). The molecule has 0 bridgehead atoms. The van der Waals surface area contributed by atoms with E-state index in [9.17, 15) is 8.42 Å². The minimum atomic E-state index is -3.56.